The van der Waals surface area contributed by atoms with Crippen molar-refractivity contribution in [1.82, 2.24) is 14.5 Å². The Bertz CT molecular complexity index is 598. The molecular weight excluding hydrogens is 262 g/mol. The molecule has 5 heteroatoms. The third-order valence-corrected chi connectivity index (χ3v) is 2.67. The molecule has 19 heavy (non-hydrogen) atoms. The summed E-state index contributed by atoms with van der Waals surface area (Å²) in [6.07, 6.45) is 7.07. The topological polar surface area (TPSA) is 39.9 Å². The van der Waals surface area contributed by atoms with E-state index in [2.05, 4.69) is 21.8 Å². The Balaban J connectivity index is 1.91. The summed E-state index contributed by atoms with van der Waals surface area (Å²) in [6.45, 7) is 3.28. The average molecular weight is 276 g/mol. The molecule has 0 unspecified atom stereocenters. The molecule has 98 valence electrons. The number of halogens is 1. The number of rotatable bonds is 4. The molecular formula is C14H14ClN3O. The zero-order valence-corrected chi connectivity index (χ0v) is 11.4. The standard InChI is InChI=1S/C14H14ClN3O/c1-12-17-5-6-18(12)7-8-19-14-9-13(3-2-4-15)10-16-11-14/h5-6,9-11H,4,7-8H2,1H3. The largest absolute Gasteiger partial charge is 0.490 e. The van der Waals surface area contributed by atoms with E-state index in [9.17, 15) is 0 Å². The van der Waals surface area contributed by atoms with Gasteiger partial charge in [0, 0.05) is 24.2 Å². The van der Waals surface area contributed by atoms with E-state index in [4.69, 9.17) is 16.3 Å². The molecule has 0 aromatic carbocycles. The van der Waals surface area contributed by atoms with Gasteiger partial charge in [0.1, 0.15) is 18.2 Å². The molecule has 4 nitrogen and oxygen atoms in total. The molecule has 0 aliphatic carbocycles. The molecule has 0 radical (unpaired) electrons. The van der Waals surface area contributed by atoms with Crippen molar-refractivity contribution in [1.29, 1.82) is 0 Å². The van der Waals surface area contributed by atoms with Gasteiger partial charge < -0.3 is 9.30 Å². The molecule has 0 N–H and O–H groups in total. The maximum absolute atomic E-state index is 5.64. The van der Waals surface area contributed by atoms with Gasteiger partial charge in [-0.15, -0.1) is 11.6 Å². The monoisotopic (exact) mass is 275 g/mol. The SMILES string of the molecule is Cc1nccn1CCOc1cncc(C#CCCl)c1. The summed E-state index contributed by atoms with van der Waals surface area (Å²) in [4.78, 5) is 8.24. The first-order valence-corrected chi connectivity index (χ1v) is 6.43. The second kappa shape index (κ2) is 6.81. The number of nitrogens with zero attached hydrogens (tertiary/aromatic N) is 3. The highest BCUT2D eigenvalue weighted by Gasteiger charge is 1.99. The van der Waals surface area contributed by atoms with Gasteiger partial charge in [-0.1, -0.05) is 11.8 Å². The Morgan fingerprint density at radius 1 is 1.42 bits per heavy atom. The van der Waals surface area contributed by atoms with E-state index in [-0.39, 0.29) is 0 Å². The van der Waals surface area contributed by atoms with Gasteiger partial charge in [0.05, 0.1) is 18.6 Å². The highest BCUT2D eigenvalue weighted by Crippen LogP contribution is 2.10. The minimum atomic E-state index is 0.311. The summed E-state index contributed by atoms with van der Waals surface area (Å²) < 4.78 is 7.68. The van der Waals surface area contributed by atoms with E-state index in [0.717, 1.165) is 17.9 Å². The summed E-state index contributed by atoms with van der Waals surface area (Å²) in [5.41, 5.74) is 0.803. The van der Waals surface area contributed by atoms with Crippen LogP contribution in [0.25, 0.3) is 0 Å². The van der Waals surface area contributed by atoms with Crippen molar-refractivity contribution < 1.29 is 4.74 Å². The second-order valence-corrected chi connectivity index (χ2v) is 4.13. The van der Waals surface area contributed by atoms with E-state index in [1.165, 1.54) is 0 Å². The van der Waals surface area contributed by atoms with Crippen molar-refractivity contribution in [2.75, 3.05) is 12.5 Å². The predicted molar refractivity (Wildman–Crippen MR) is 74.3 cm³/mol. The molecule has 0 aliphatic rings. The normalized spacial score (nSPS) is 9.79. The van der Waals surface area contributed by atoms with Gasteiger partial charge in [0.15, 0.2) is 0 Å². The molecule has 2 rings (SSSR count). The third kappa shape index (κ3) is 4.01. The lowest BCUT2D eigenvalue weighted by Crippen LogP contribution is -2.08. The highest BCUT2D eigenvalue weighted by molar-refractivity contribution is 6.19. The van der Waals surface area contributed by atoms with Crippen LogP contribution >= 0.6 is 11.6 Å². The van der Waals surface area contributed by atoms with Crippen molar-refractivity contribution >= 4 is 11.6 Å². The summed E-state index contributed by atoms with van der Waals surface area (Å²) in [5.74, 6) is 7.69. The molecule has 0 amide bonds. The maximum atomic E-state index is 5.64. The Labute approximate surface area is 117 Å². The lowest BCUT2D eigenvalue weighted by Gasteiger charge is -2.07. The fraction of sp³-hybridized carbons (Fsp3) is 0.286. The van der Waals surface area contributed by atoms with Crippen LogP contribution < -0.4 is 4.74 Å². The number of ether oxygens (including phenoxy) is 1. The fourth-order valence-electron chi connectivity index (χ4n) is 1.60. The Morgan fingerprint density at radius 3 is 3.05 bits per heavy atom. The summed E-state index contributed by atoms with van der Waals surface area (Å²) in [7, 11) is 0. The zero-order valence-electron chi connectivity index (χ0n) is 10.6. The number of alkyl halides is 1. The summed E-state index contributed by atoms with van der Waals surface area (Å²) in [5, 5.41) is 0. The summed E-state index contributed by atoms with van der Waals surface area (Å²) in [6, 6.07) is 1.85. The van der Waals surface area contributed by atoms with Gasteiger partial charge in [0.25, 0.3) is 0 Å². The van der Waals surface area contributed by atoms with Crippen LogP contribution in [0.2, 0.25) is 0 Å². The van der Waals surface area contributed by atoms with E-state index in [0.29, 0.717) is 18.2 Å². The maximum Gasteiger partial charge on any atom is 0.138 e. The van der Waals surface area contributed by atoms with Crippen molar-refractivity contribution in [2.45, 2.75) is 13.5 Å². The highest BCUT2D eigenvalue weighted by atomic mass is 35.5. The molecule has 0 fully saturated rings. The van der Waals surface area contributed by atoms with Crippen molar-refractivity contribution in [3.8, 4) is 17.6 Å². The van der Waals surface area contributed by atoms with Crippen LogP contribution in [0.4, 0.5) is 0 Å². The second-order valence-electron chi connectivity index (χ2n) is 3.86. The number of hydrogen-bond acceptors (Lipinski definition) is 3. The molecule has 2 heterocycles. The molecule has 0 bridgehead atoms. The van der Waals surface area contributed by atoms with Crippen LogP contribution in [0.3, 0.4) is 0 Å². The molecule has 0 saturated carbocycles. The number of aryl methyl sites for hydroxylation is 1. The third-order valence-electron chi connectivity index (χ3n) is 2.54. The Morgan fingerprint density at radius 2 is 2.32 bits per heavy atom. The number of hydrogen-bond donors (Lipinski definition) is 0. The molecule has 0 atom stereocenters. The average Bonchev–Trinajstić information content (AvgIpc) is 2.83. The van der Waals surface area contributed by atoms with Crippen LogP contribution in [-0.2, 0) is 6.54 Å². The zero-order chi connectivity index (χ0) is 13.5. The van der Waals surface area contributed by atoms with Crippen molar-refractivity contribution in [3.05, 3.63) is 42.2 Å². The van der Waals surface area contributed by atoms with Gasteiger partial charge in [-0.3, -0.25) is 4.98 Å². The minimum absolute atomic E-state index is 0.311. The lowest BCUT2D eigenvalue weighted by atomic mass is 10.3. The Hall–Kier alpha value is -1.99. The van der Waals surface area contributed by atoms with E-state index < -0.39 is 0 Å². The molecule has 0 aliphatic heterocycles. The quantitative estimate of drug-likeness (QED) is 0.635. The van der Waals surface area contributed by atoms with Crippen LogP contribution in [0.5, 0.6) is 5.75 Å². The van der Waals surface area contributed by atoms with Crippen LogP contribution in [-0.4, -0.2) is 27.0 Å². The number of imidazole rings is 1. The van der Waals surface area contributed by atoms with Crippen molar-refractivity contribution in [3.63, 3.8) is 0 Å². The Kier molecular flexibility index (Phi) is 4.82. The van der Waals surface area contributed by atoms with Crippen LogP contribution in [0, 0.1) is 18.8 Å². The first-order chi connectivity index (χ1) is 9.29. The number of aromatic nitrogens is 3. The van der Waals surface area contributed by atoms with Crippen molar-refractivity contribution in [2.24, 2.45) is 0 Å². The van der Waals surface area contributed by atoms with E-state index in [1.54, 1.807) is 18.6 Å². The first kappa shape index (κ1) is 13.4. The predicted octanol–water partition coefficient (Wildman–Crippen LogP) is 2.26. The summed E-state index contributed by atoms with van der Waals surface area (Å²) >= 11 is 5.51. The van der Waals surface area contributed by atoms with Gasteiger partial charge in [-0.2, -0.15) is 0 Å². The molecule has 0 spiro atoms. The molecule has 0 saturated heterocycles. The van der Waals surface area contributed by atoms with Gasteiger partial charge in [-0.25, -0.2) is 4.98 Å². The van der Waals surface area contributed by atoms with Crippen LogP contribution in [0.1, 0.15) is 11.4 Å². The van der Waals surface area contributed by atoms with Gasteiger partial charge in [-0.05, 0) is 13.0 Å². The number of pyridine rings is 1. The minimum Gasteiger partial charge on any atom is -0.490 e. The van der Waals surface area contributed by atoms with E-state index in [1.807, 2.05) is 23.8 Å². The molecule has 2 aromatic heterocycles. The van der Waals surface area contributed by atoms with E-state index >= 15 is 0 Å². The fourth-order valence-corrected chi connectivity index (χ4v) is 1.67. The van der Waals surface area contributed by atoms with Gasteiger partial charge in [0.2, 0.25) is 0 Å². The van der Waals surface area contributed by atoms with Crippen LogP contribution in [0.15, 0.2) is 30.9 Å². The lowest BCUT2D eigenvalue weighted by molar-refractivity contribution is 0.296. The molecule has 2 aromatic rings. The van der Waals surface area contributed by atoms with Gasteiger partial charge >= 0.3 is 0 Å². The smallest absolute Gasteiger partial charge is 0.138 e. The first-order valence-electron chi connectivity index (χ1n) is 5.90.